The molecule has 33 heavy (non-hydrogen) atoms. The zero-order valence-corrected chi connectivity index (χ0v) is 19.5. The van der Waals surface area contributed by atoms with Gasteiger partial charge < -0.3 is 15.7 Å². The van der Waals surface area contributed by atoms with Crippen LogP contribution in [0.2, 0.25) is 0 Å². The Morgan fingerprint density at radius 3 is 2.61 bits per heavy atom. The molecule has 1 aliphatic heterocycles. The summed E-state index contributed by atoms with van der Waals surface area (Å²) in [4.78, 5) is 35.3. The Balaban J connectivity index is 0.000000218. The van der Waals surface area contributed by atoms with Crippen LogP contribution in [0.4, 0.5) is 5.69 Å². The number of benzene rings is 2. The summed E-state index contributed by atoms with van der Waals surface area (Å²) in [7, 11) is 0. The lowest BCUT2D eigenvalue weighted by Crippen LogP contribution is -2.27. The van der Waals surface area contributed by atoms with Crippen LogP contribution in [0.3, 0.4) is 0 Å². The summed E-state index contributed by atoms with van der Waals surface area (Å²) in [6.45, 7) is 1.03. The lowest BCUT2D eigenvalue weighted by molar-refractivity contribution is -0.130. The Kier molecular flexibility index (Phi) is 11.1. The van der Waals surface area contributed by atoms with Crippen LogP contribution in [0.15, 0.2) is 69.8 Å². The average Bonchev–Trinajstić information content (AvgIpc) is 3.27. The third-order valence-electron chi connectivity index (χ3n) is 4.36. The number of hydrazine groups is 1. The monoisotopic (exact) mass is 486 g/mol. The van der Waals surface area contributed by atoms with Gasteiger partial charge in [-0.25, -0.2) is 0 Å². The Hall–Kier alpha value is -3.18. The molecule has 1 aromatic heterocycles. The molecule has 0 saturated heterocycles. The number of anilines is 1. The van der Waals surface area contributed by atoms with Crippen LogP contribution in [0.25, 0.3) is 0 Å². The molecule has 0 unspecified atom stereocenters. The van der Waals surface area contributed by atoms with Crippen molar-refractivity contribution >= 4 is 46.8 Å². The number of amides is 1. The van der Waals surface area contributed by atoms with Gasteiger partial charge in [-0.15, -0.1) is 11.3 Å². The van der Waals surface area contributed by atoms with Crippen LogP contribution in [0.5, 0.6) is 5.75 Å². The minimum Gasteiger partial charge on any atom is -0.508 e. The molecular weight excluding hydrogens is 460 g/mol. The number of fused-ring (bicyclic) bond motifs is 2. The number of carbonyl (C=O) groups excluding carboxylic acids is 3. The number of hydrogen-bond donors (Lipinski definition) is 5. The number of nitrogens with two attached hydrogens (primary N) is 2. The molecule has 0 aliphatic carbocycles. The summed E-state index contributed by atoms with van der Waals surface area (Å²) < 4.78 is 0. The fourth-order valence-corrected chi connectivity index (χ4v) is 4.56. The Morgan fingerprint density at radius 1 is 1.09 bits per heavy atom. The number of aldehydes is 1. The molecule has 10 heteroatoms. The number of hydrogen-bond acceptors (Lipinski definition) is 9. The molecule has 174 valence electrons. The van der Waals surface area contributed by atoms with Crippen molar-refractivity contribution in [3.05, 3.63) is 70.4 Å². The summed E-state index contributed by atoms with van der Waals surface area (Å²) in [5.41, 5.74) is 2.30. The van der Waals surface area contributed by atoms with Crippen molar-refractivity contribution in [1.29, 1.82) is 0 Å². The van der Waals surface area contributed by atoms with Crippen molar-refractivity contribution in [2.24, 2.45) is 11.7 Å². The van der Waals surface area contributed by atoms with E-state index in [0.29, 0.717) is 12.2 Å². The van der Waals surface area contributed by atoms with Crippen LogP contribution >= 0.6 is 23.1 Å². The molecule has 0 spiro atoms. The highest BCUT2D eigenvalue weighted by molar-refractivity contribution is 7.99. The molecule has 0 saturated carbocycles. The second-order valence-electron chi connectivity index (χ2n) is 6.68. The van der Waals surface area contributed by atoms with Crippen molar-refractivity contribution in [2.45, 2.75) is 29.2 Å². The van der Waals surface area contributed by atoms with Crippen LogP contribution in [0, 0.1) is 0 Å². The molecule has 4 rings (SSSR count). The van der Waals surface area contributed by atoms with Gasteiger partial charge in [0, 0.05) is 40.2 Å². The molecule has 0 bridgehead atoms. The van der Waals surface area contributed by atoms with E-state index in [2.05, 4.69) is 46.6 Å². The van der Waals surface area contributed by atoms with Crippen LogP contribution in [0.1, 0.15) is 16.9 Å². The van der Waals surface area contributed by atoms with Crippen molar-refractivity contribution in [3.63, 3.8) is 0 Å². The molecule has 2 heterocycles. The molecule has 1 aliphatic rings. The van der Waals surface area contributed by atoms with Gasteiger partial charge in [-0.1, -0.05) is 36.0 Å². The third kappa shape index (κ3) is 8.70. The first-order valence-corrected chi connectivity index (χ1v) is 11.7. The van der Waals surface area contributed by atoms with E-state index < -0.39 is 5.78 Å². The van der Waals surface area contributed by atoms with Crippen molar-refractivity contribution < 1.29 is 19.5 Å². The quantitative estimate of drug-likeness (QED) is 0.155. The van der Waals surface area contributed by atoms with Crippen LogP contribution < -0.4 is 22.3 Å². The number of aromatic hydroxyl groups is 1. The van der Waals surface area contributed by atoms with E-state index in [1.165, 1.54) is 21.8 Å². The lowest BCUT2D eigenvalue weighted by atomic mass is 10.2. The SMILES string of the molecule is NN.O=CC(=O)CCNC(=O)Cc1cccs1.Oc1ccc2c(c1)NCc1ccccc1S2. The van der Waals surface area contributed by atoms with Gasteiger partial charge in [-0.3, -0.25) is 26.1 Å². The van der Waals surface area contributed by atoms with E-state index in [1.54, 1.807) is 23.9 Å². The topological polar surface area (TPSA) is 148 Å². The molecular formula is C23H26N4O4S2. The van der Waals surface area contributed by atoms with Crippen molar-refractivity contribution in [1.82, 2.24) is 5.32 Å². The number of rotatable bonds is 6. The normalized spacial score (nSPS) is 11.0. The van der Waals surface area contributed by atoms with E-state index in [0.717, 1.165) is 22.0 Å². The van der Waals surface area contributed by atoms with E-state index >= 15 is 0 Å². The number of ketones is 1. The fraction of sp³-hybridized carbons (Fsp3) is 0.174. The predicted octanol–water partition coefficient (Wildman–Crippen LogP) is 2.85. The molecule has 7 N–H and O–H groups in total. The highest BCUT2D eigenvalue weighted by Crippen LogP contribution is 2.39. The second kappa shape index (κ2) is 14.1. The summed E-state index contributed by atoms with van der Waals surface area (Å²) in [6.07, 6.45) is 0.665. The second-order valence-corrected chi connectivity index (χ2v) is 8.80. The standard InChI is InChI=1S/C13H11NOS.C10H11NO3S.H4N2/c15-10-5-6-13-11(7-10)14-8-9-3-1-2-4-12(9)16-13;12-7-8(13)3-4-11-10(14)6-9-2-1-5-15-9;1-2/h1-7,14-15H,8H2;1-2,5,7H,3-4,6H2,(H,11,14);1-2H2. The molecule has 0 fully saturated rings. The maximum absolute atomic E-state index is 11.3. The minimum atomic E-state index is -0.494. The number of thiophene rings is 1. The minimum absolute atomic E-state index is 0.0691. The largest absolute Gasteiger partial charge is 0.508 e. The number of nitrogens with one attached hydrogen (secondary N) is 2. The fourth-order valence-electron chi connectivity index (χ4n) is 2.82. The van der Waals surface area contributed by atoms with E-state index in [9.17, 15) is 19.5 Å². The zero-order chi connectivity index (χ0) is 24.1. The van der Waals surface area contributed by atoms with E-state index in [4.69, 9.17) is 0 Å². The zero-order valence-electron chi connectivity index (χ0n) is 17.8. The molecule has 1 amide bonds. The van der Waals surface area contributed by atoms with Crippen LogP contribution in [-0.2, 0) is 27.3 Å². The maximum Gasteiger partial charge on any atom is 0.225 e. The molecule has 0 atom stereocenters. The van der Waals surface area contributed by atoms with Gasteiger partial charge in [0.05, 0.1) is 12.1 Å². The molecule has 3 aromatic rings. The van der Waals surface area contributed by atoms with Gasteiger partial charge >= 0.3 is 0 Å². The maximum atomic E-state index is 11.3. The Bertz CT molecular complexity index is 1060. The number of phenols is 1. The van der Waals surface area contributed by atoms with Gasteiger partial charge in [0.25, 0.3) is 0 Å². The van der Waals surface area contributed by atoms with Crippen molar-refractivity contribution in [3.8, 4) is 5.75 Å². The first-order valence-electron chi connectivity index (χ1n) is 9.98. The molecule has 8 nitrogen and oxygen atoms in total. The Morgan fingerprint density at radius 2 is 1.88 bits per heavy atom. The highest BCUT2D eigenvalue weighted by atomic mass is 32.2. The summed E-state index contributed by atoms with van der Waals surface area (Å²) in [6, 6.07) is 17.6. The first-order chi connectivity index (χ1) is 16.0. The smallest absolute Gasteiger partial charge is 0.225 e. The van der Waals surface area contributed by atoms with Gasteiger partial charge in [-0.2, -0.15) is 0 Å². The third-order valence-corrected chi connectivity index (χ3v) is 6.44. The predicted molar refractivity (Wildman–Crippen MR) is 131 cm³/mol. The summed E-state index contributed by atoms with van der Waals surface area (Å²) in [5.74, 6) is 7.68. The highest BCUT2D eigenvalue weighted by Gasteiger charge is 2.13. The van der Waals surface area contributed by atoms with Gasteiger partial charge in [0.15, 0.2) is 12.1 Å². The molecule has 0 radical (unpaired) electrons. The summed E-state index contributed by atoms with van der Waals surface area (Å²) in [5, 5.41) is 17.3. The molecule has 2 aromatic carbocycles. The lowest BCUT2D eigenvalue weighted by Gasteiger charge is -2.06. The van der Waals surface area contributed by atoms with Gasteiger partial charge in [-0.05, 0) is 35.2 Å². The average molecular weight is 487 g/mol. The van der Waals surface area contributed by atoms with E-state index in [1.807, 2.05) is 23.6 Å². The Labute approximate surface area is 200 Å². The first kappa shape index (κ1) is 26.1. The van der Waals surface area contributed by atoms with Crippen LogP contribution in [-0.4, -0.2) is 29.6 Å². The number of Topliss-reactive ketones (excluding diaryl/α,β-unsaturated/α-hetero) is 1. The van der Waals surface area contributed by atoms with E-state index in [-0.39, 0.29) is 25.2 Å². The van der Waals surface area contributed by atoms with Gasteiger partial charge in [0.1, 0.15) is 5.75 Å². The van der Waals surface area contributed by atoms with Gasteiger partial charge in [0.2, 0.25) is 5.91 Å². The number of phenolic OH excluding ortho intramolecular Hbond substituents is 1. The summed E-state index contributed by atoms with van der Waals surface area (Å²) >= 11 is 3.25. The van der Waals surface area contributed by atoms with Crippen molar-refractivity contribution in [2.75, 3.05) is 11.9 Å². The number of carbonyl (C=O) groups is 3.